The molecule has 0 saturated carbocycles. The first kappa shape index (κ1) is 17.5. The third kappa shape index (κ3) is 4.22. The van der Waals surface area contributed by atoms with Crippen LogP contribution in [0.3, 0.4) is 0 Å². The maximum absolute atomic E-state index is 6.28. The van der Waals surface area contributed by atoms with Gasteiger partial charge in [-0.1, -0.05) is 11.6 Å². The highest BCUT2D eigenvalue weighted by atomic mass is 35.5. The summed E-state index contributed by atoms with van der Waals surface area (Å²) in [5.74, 6) is 3.40. The number of aliphatic imine (C=N–C) groups is 1. The Hall–Kier alpha value is -1.27. The van der Waals surface area contributed by atoms with Crippen LogP contribution >= 0.6 is 23.4 Å². The summed E-state index contributed by atoms with van der Waals surface area (Å²) < 4.78 is 11.5. The molecule has 5 nitrogen and oxygen atoms in total. The maximum atomic E-state index is 6.28. The number of benzene rings is 1. The molecule has 0 radical (unpaired) electrons. The summed E-state index contributed by atoms with van der Waals surface area (Å²) >= 11 is 8.32. The molecule has 1 fully saturated rings. The van der Waals surface area contributed by atoms with Crippen LogP contribution in [0.4, 0.5) is 0 Å². The number of fused-ring (bicyclic) bond motifs is 1. The van der Waals surface area contributed by atoms with E-state index in [9.17, 15) is 0 Å². The largest absolute Gasteiger partial charge is 0.486 e. The number of nitrogens with zero attached hydrogens (tertiary/aromatic N) is 1. The minimum absolute atomic E-state index is 0.303. The second-order valence-electron chi connectivity index (χ2n) is 6.28. The van der Waals surface area contributed by atoms with E-state index in [2.05, 4.69) is 22.5 Å². The molecule has 2 N–H and O–H groups in total. The van der Waals surface area contributed by atoms with Crippen molar-refractivity contribution >= 4 is 29.3 Å². The predicted molar refractivity (Wildman–Crippen MR) is 101 cm³/mol. The van der Waals surface area contributed by atoms with Gasteiger partial charge < -0.3 is 20.1 Å². The van der Waals surface area contributed by atoms with Crippen LogP contribution in [0.15, 0.2) is 17.1 Å². The summed E-state index contributed by atoms with van der Waals surface area (Å²) in [6, 6.07) is 3.87. The Kier molecular flexibility index (Phi) is 5.66. The fraction of sp³-hybridized carbons (Fsp3) is 0.588. The molecule has 1 aromatic rings. The smallest absolute Gasteiger partial charge is 0.191 e. The Labute approximate surface area is 152 Å². The molecule has 1 saturated heterocycles. The van der Waals surface area contributed by atoms with Gasteiger partial charge in [0.1, 0.15) is 13.2 Å². The Morgan fingerprint density at radius 2 is 2.17 bits per heavy atom. The zero-order valence-corrected chi connectivity index (χ0v) is 15.7. The van der Waals surface area contributed by atoms with Gasteiger partial charge >= 0.3 is 0 Å². The number of hydrogen-bond acceptors (Lipinski definition) is 4. The van der Waals surface area contributed by atoms with Crippen molar-refractivity contribution < 1.29 is 9.47 Å². The number of halogens is 1. The summed E-state index contributed by atoms with van der Waals surface area (Å²) in [6.45, 7) is 4.95. The first-order chi connectivity index (χ1) is 11.6. The van der Waals surface area contributed by atoms with E-state index in [0.29, 0.717) is 41.0 Å². The molecule has 0 spiro atoms. The molecule has 2 aliphatic rings. The molecule has 1 unspecified atom stereocenters. The Bertz CT molecular complexity index is 618. The van der Waals surface area contributed by atoms with Gasteiger partial charge in [-0.15, -0.1) is 0 Å². The van der Waals surface area contributed by atoms with Crippen LogP contribution in [0.1, 0.15) is 25.3 Å². The van der Waals surface area contributed by atoms with Gasteiger partial charge in [0.15, 0.2) is 17.5 Å². The molecule has 0 bridgehead atoms. The third-order valence-corrected chi connectivity index (χ3v) is 6.09. The molecule has 1 aromatic carbocycles. The van der Waals surface area contributed by atoms with Crippen LogP contribution in [-0.2, 0) is 6.54 Å². The molecular formula is C17H24ClN3O2S. The molecule has 0 amide bonds. The fourth-order valence-electron chi connectivity index (χ4n) is 2.92. The molecule has 2 aliphatic heterocycles. The van der Waals surface area contributed by atoms with E-state index in [1.165, 1.54) is 18.6 Å². The van der Waals surface area contributed by atoms with Crippen LogP contribution < -0.4 is 20.1 Å². The molecular weight excluding hydrogens is 346 g/mol. The normalized spacial score (nSPS) is 23.2. The van der Waals surface area contributed by atoms with E-state index in [-0.39, 0.29) is 0 Å². The number of hydrogen-bond donors (Lipinski definition) is 2. The van der Waals surface area contributed by atoms with Crippen LogP contribution in [-0.4, -0.2) is 43.3 Å². The molecule has 7 heteroatoms. The molecule has 1 atom stereocenters. The summed E-state index contributed by atoms with van der Waals surface area (Å²) in [5, 5.41) is 7.35. The van der Waals surface area contributed by atoms with Crippen molar-refractivity contribution in [2.24, 2.45) is 4.99 Å². The van der Waals surface area contributed by atoms with E-state index in [0.717, 1.165) is 18.1 Å². The van der Waals surface area contributed by atoms with E-state index >= 15 is 0 Å². The van der Waals surface area contributed by atoms with Gasteiger partial charge in [0.05, 0.1) is 5.02 Å². The van der Waals surface area contributed by atoms with Crippen LogP contribution in [0.5, 0.6) is 11.5 Å². The lowest BCUT2D eigenvalue weighted by atomic mass is 10.1. The summed E-state index contributed by atoms with van der Waals surface area (Å²) in [7, 11) is 1.79. The van der Waals surface area contributed by atoms with Crippen molar-refractivity contribution in [3.8, 4) is 11.5 Å². The van der Waals surface area contributed by atoms with E-state index in [4.69, 9.17) is 21.1 Å². The lowest BCUT2D eigenvalue weighted by molar-refractivity contribution is 0.171. The van der Waals surface area contributed by atoms with E-state index < -0.39 is 0 Å². The highest BCUT2D eigenvalue weighted by molar-refractivity contribution is 8.00. The Balaban J connectivity index is 1.56. The minimum Gasteiger partial charge on any atom is -0.486 e. The zero-order chi connectivity index (χ0) is 17.0. The van der Waals surface area contributed by atoms with Crippen molar-refractivity contribution in [3.05, 3.63) is 22.7 Å². The molecule has 0 aliphatic carbocycles. The Morgan fingerprint density at radius 3 is 2.92 bits per heavy atom. The van der Waals surface area contributed by atoms with Gasteiger partial charge in [-0.3, -0.25) is 4.99 Å². The number of nitrogens with one attached hydrogen (secondary N) is 2. The van der Waals surface area contributed by atoms with Crippen molar-refractivity contribution in [1.82, 2.24) is 10.6 Å². The zero-order valence-electron chi connectivity index (χ0n) is 14.2. The minimum atomic E-state index is 0.303. The Morgan fingerprint density at radius 1 is 1.33 bits per heavy atom. The van der Waals surface area contributed by atoms with Crippen molar-refractivity contribution in [2.45, 2.75) is 31.1 Å². The van der Waals surface area contributed by atoms with Crippen molar-refractivity contribution in [3.63, 3.8) is 0 Å². The van der Waals surface area contributed by atoms with Gasteiger partial charge in [-0.25, -0.2) is 0 Å². The number of thioether (sulfide) groups is 1. The molecule has 2 heterocycles. The predicted octanol–water partition coefficient (Wildman–Crippen LogP) is 3.06. The van der Waals surface area contributed by atoms with Crippen molar-refractivity contribution in [2.75, 3.05) is 32.6 Å². The topological polar surface area (TPSA) is 54.9 Å². The van der Waals surface area contributed by atoms with Gasteiger partial charge in [-0.2, -0.15) is 11.8 Å². The summed E-state index contributed by atoms with van der Waals surface area (Å²) in [4.78, 5) is 4.30. The van der Waals surface area contributed by atoms with E-state index in [1.807, 2.05) is 23.9 Å². The van der Waals surface area contributed by atoms with E-state index in [1.54, 1.807) is 7.05 Å². The fourth-order valence-corrected chi connectivity index (χ4v) is 4.45. The molecule has 132 valence electrons. The van der Waals surface area contributed by atoms with Gasteiger partial charge in [-0.05, 0) is 43.2 Å². The third-order valence-electron chi connectivity index (χ3n) is 4.27. The van der Waals surface area contributed by atoms with Gasteiger partial charge in [0.25, 0.3) is 0 Å². The van der Waals surface area contributed by atoms with Gasteiger partial charge in [0, 0.05) is 24.9 Å². The second kappa shape index (κ2) is 7.74. The second-order valence-corrected chi connectivity index (χ2v) is 8.37. The van der Waals surface area contributed by atoms with Crippen molar-refractivity contribution in [1.29, 1.82) is 0 Å². The standard InChI is InChI=1S/C17H24ClN3O2S/c1-17(4-3-7-24-17)11-21-16(19-2)20-10-12-8-13(18)15-14(9-12)22-5-6-23-15/h8-9H,3-7,10-11H2,1-2H3,(H2,19,20,21). The first-order valence-corrected chi connectivity index (χ1v) is 9.62. The molecule has 3 rings (SSSR count). The van der Waals surface area contributed by atoms with Crippen LogP contribution in [0, 0.1) is 0 Å². The lowest BCUT2D eigenvalue weighted by Crippen LogP contribution is -2.43. The summed E-state index contributed by atoms with van der Waals surface area (Å²) in [5.41, 5.74) is 1.04. The SMILES string of the molecule is CN=C(NCc1cc(Cl)c2c(c1)OCCO2)NCC1(C)CCCS1. The average Bonchev–Trinajstić information content (AvgIpc) is 3.02. The highest BCUT2D eigenvalue weighted by Crippen LogP contribution is 2.38. The monoisotopic (exact) mass is 369 g/mol. The first-order valence-electron chi connectivity index (χ1n) is 8.26. The maximum Gasteiger partial charge on any atom is 0.191 e. The molecule has 24 heavy (non-hydrogen) atoms. The number of rotatable bonds is 4. The number of guanidine groups is 1. The quantitative estimate of drug-likeness (QED) is 0.631. The van der Waals surface area contributed by atoms with Gasteiger partial charge in [0.2, 0.25) is 0 Å². The van der Waals surface area contributed by atoms with Crippen LogP contribution in [0.2, 0.25) is 5.02 Å². The highest BCUT2D eigenvalue weighted by Gasteiger charge is 2.29. The summed E-state index contributed by atoms with van der Waals surface area (Å²) in [6.07, 6.45) is 2.55. The van der Waals surface area contributed by atoms with Crippen LogP contribution in [0.25, 0.3) is 0 Å². The average molecular weight is 370 g/mol. The lowest BCUT2D eigenvalue weighted by Gasteiger charge is -2.24. The molecule has 0 aromatic heterocycles. The number of ether oxygens (including phenoxy) is 2.